The molecule has 0 aliphatic heterocycles. The number of aliphatic hydroxyl groups is 1. The van der Waals surface area contributed by atoms with E-state index in [0.29, 0.717) is 0 Å². The molecule has 0 radical (unpaired) electrons. The van der Waals surface area contributed by atoms with Gasteiger partial charge in [-0.25, -0.2) is 0 Å². The van der Waals surface area contributed by atoms with Gasteiger partial charge in [0.15, 0.2) is 0 Å². The third kappa shape index (κ3) is 2.65. The first-order valence-corrected chi connectivity index (χ1v) is 5.91. The van der Waals surface area contributed by atoms with E-state index in [1.165, 1.54) is 11.1 Å². The maximum atomic E-state index is 9.47. The Labute approximate surface area is 99.5 Å². The molecule has 0 fully saturated rings. The quantitative estimate of drug-likeness (QED) is 0.763. The molecule has 0 unspecified atom stereocenters. The number of rotatable bonds is 1. The minimum absolute atomic E-state index is 0.0714. The zero-order chi connectivity index (χ0) is 12.6. The third-order valence-corrected chi connectivity index (χ3v) is 2.88. The molecule has 0 saturated heterocycles. The van der Waals surface area contributed by atoms with Crippen LogP contribution in [0.25, 0.3) is 0 Å². The zero-order valence-electron chi connectivity index (χ0n) is 11.4. The van der Waals surface area contributed by atoms with Gasteiger partial charge < -0.3 is 5.11 Å². The Balaban J connectivity index is 3.51. The van der Waals surface area contributed by atoms with E-state index in [4.69, 9.17) is 0 Å². The van der Waals surface area contributed by atoms with Gasteiger partial charge >= 0.3 is 0 Å². The summed E-state index contributed by atoms with van der Waals surface area (Å²) in [5, 5.41) is 9.47. The predicted octanol–water partition coefficient (Wildman–Crippen LogP) is 3.77. The van der Waals surface area contributed by atoms with Crippen LogP contribution in [0.1, 0.15) is 58.2 Å². The van der Waals surface area contributed by atoms with Crippen molar-refractivity contribution in [3.05, 3.63) is 34.9 Å². The van der Waals surface area contributed by atoms with Gasteiger partial charge in [-0.2, -0.15) is 0 Å². The molecule has 0 aliphatic carbocycles. The van der Waals surface area contributed by atoms with Crippen LogP contribution in [0, 0.1) is 0 Å². The van der Waals surface area contributed by atoms with E-state index in [9.17, 15) is 5.11 Å². The lowest BCUT2D eigenvalue weighted by Gasteiger charge is -2.32. The van der Waals surface area contributed by atoms with Gasteiger partial charge in [-0.3, -0.25) is 0 Å². The molecule has 90 valence electrons. The van der Waals surface area contributed by atoms with Gasteiger partial charge in [0.25, 0.3) is 0 Å². The van der Waals surface area contributed by atoms with Crippen molar-refractivity contribution < 1.29 is 5.11 Å². The van der Waals surface area contributed by atoms with E-state index < -0.39 is 0 Å². The fraction of sp³-hybridized carbons (Fsp3) is 0.600. The second-order valence-electron chi connectivity index (χ2n) is 6.50. The average molecular weight is 220 g/mol. The lowest BCUT2D eigenvalue weighted by molar-refractivity contribution is 0.278. The van der Waals surface area contributed by atoms with E-state index in [1.807, 2.05) is 12.1 Å². The Morgan fingerprint density at radius 1 is 0.938 bits per heavy atom. The second-order valence-corrected chi connectivity index (χ2v) is 6.50. The van der Waals surface area contributed by atoms with Crippen LogP contribution >= 0.6 is 0 Å². The first kappa shape index (κ1) is 13.2. The van der Waals surface area contributed by atoms with Crippen LogP contribution in [-0.4, -0.2) is 5.11 Å². The van der Waals surface area contributed by atoms with E-state index >= 15 is 0 Å². The smallest absolute Gasteiger partial charge is 0.0684 e. The molecule has 1 aromatic rings. The van der Waals surface area contributed by atoms with Crippen molar-refractivity contribution in [2.45, 2.75) is 59.0 Å². The topological polar surface area (TPSA) is 20.2 Å². The Bertz CT molecular complexity index is 364. The maximum Gasteiger partial charge on any atom is 0.0684 e. The van der Waals surface area contributed by atoms with E-state index in [1.54, 1.807) is 0 Å². The molecule has 0 aliphatic rings. The number of hydrogen-bond acceptors (Lipinski definition) is 1. The molecular weight excluding hydrogens is 196 g/mol. The molecule has 1 nitrogen and oxygen atoms in total. The van der Waals surface area contributed by atoms with Crippen LogP contribution in [0.5, 0.6) is 0 Å². The summed E-state index contributed by atoms with van der Waals surface area (Å²) in [4.78, 5) is 0. The fourth-order valence-electron chi connectivity index (χ4n) is 2.24. The molecule has 1 heteroatoms. The lowest BCUT2D eigenvalue weighted by atomic mass is 9.73. The van der Waals surface area contributed by atoms with Crippen molar-refractivity contribution in [2.75, 3.05) is 0 Å². The van der Waals surface area contributed by atoms with Gasteiger partial charge in [-0.1, -0.05) is 59.7 Å². The molecular formula is C15H24O. The molecule has 1 aromatic carbocycles. The molecule has 0 atom stereocenters. The van der Waals surface area contributed by atoms with Gasteiger partial charge in [0.05, 0.1) is 6.61 Å². The SMILES string of the molecule is CC(C)(C)c1cccc(CO)c1C(C)(C)C. The standard InChI is InChI=1S/C15H24O/c1-14(2,3)12-9-7-8-11(10-16)13(12)15(4,5)6/h7-9,16H,10H2,1-6H3. The minimum atomic E-state index is 0.0714. The summed E-state index contributed by atoms with van der Waals surface area (Å²) in [5.41, 5.74) is 3.88. The summed E-state index contributed by atoms with van der Waals surface area (Å²) in [5.74, 6) is 0. The normalized spacial score (nSPS) is 12.9. The van der Waals surface area contributed by atoms with Crippen LogP contribution < -0.4 is 0 Å². The molecule has 0 saturated carbocycles. The van der Waals surface area contributed by atoms with Crippen molar-refractivity contribution in [2.24, 2.45) is 0 Å². The molecule has 16 heavy (non-hydrogen) atoms. The van der Waals surface area contributed by atoms with Crippen LogP contribution in [0.3, 0.4) is 0 Å². The number of benzene rings is 1. The second kappa shape index (κ2) is 4.21. The van der Waals surface area contributed by atoms with Crippen molar-refractivity contribution in [3.8, 4) is 0 Å². The van der Waals surface area contributed by atoms with Crippen LogP contribution in [-0.2, 0) is 17.4 Å². The molecule has 1 rings (SSSR count). The van der Waals surface area contributed by atoms with Crippen molar-refractivity contribution >= 4 is 0 Å². The highest BCUT2D eigenvalue weighted by molar-refractivity contribution is 5.43. The molecule has 0 aromatic heterocycles. The maximum absolute atomic E-state index is 9.47. The number of hydrogen-bond donors (Lipinski definition) is 1. The molecule has 0 heterocycles. The van der Waals surface area contributed by atoms with Gasteiger partial charge in [0, 0.05) is 0 Å². The Hall–Kier alpha value is -0.820. The first-order chi connectivity index (χ1) is 7.18. The van der Waals surface area contributed by atoms with Crippen LogP contribution in [0.15, 0.2) is 18.2 Å². The minimum Gasteiger partial charge on any atom is -0.392 e. The van der Waals surface area contributed by atoms with E-state index in [-0.39, 0.29) is 17.4 Å². The highest BCUT2D eigenvalue weighted by Crippen LogP contribution is 2.36. The number of aliphatic hydroxyl groups excluding tert-OH is 1. The van der Waals surface area contributed by atoms with Crippen molar-refractivity contribution in [1.82, 2.24) is 0 Å². The summed E-state index contributed by atoms with van der Waals surface area (Å²) in [6.45, 7) is 13.4. The van der Waals surface area contributed by atoms with Gasteiger partial charge in [0.1, 0.15) is 0 Å². The predicted molar refractivity (Wildman–Crippen MR) is 69.8 cm³/mol. The molecule has 0 amide bonds. The van der Waals surface area contributed by atoms with E-state index in [0.717, 1.165) is 5.56 Å². The largest absolute Gasteiger partial charge is 0.392 e. The molecule has 0 spiro atoms. The van der Waals surface area contributed by atoms with Crippen molar-refractivity contribution in [1.29, 1.82) is 0 Å². The summed E-state index contributed by atoms with van der Waals surface area (Å²) < 4.78 is 0. The Kier molecular flexibility index (Phi) is 3.49. The Morgan fingerprint density at radius 3 is 1.88 bits per heavy atom. The monoisotopic (exact) mass is 220 g/mol. The summed E-state index contributed by atoms with van der Waals surface area (Å²) in [7, 11) is 0. The third-order valence-electron chi connectivity index (χ3n) is 2.88. The molecule has 0 bridgehead atoms. The van der Waals surface area contributed by atoms with Crippen LogP contribution in [0.4, 0.5) is 0 Å². The Morgan fingerprint density at radius 2 is 1.50 bits per heavy atom. The zero-order valence-corrected chi connectivity index (χ0v) is 11.4. The van der Waals surface area contributed by atoms with Gasteiger partial charge in [-0.05, 0) is 27.5 Å². The highest BCUT2D eigenvalue weighted by atomic mass is 16.3. The molecule has 1 N–H and O–H groups in total. The average Bonchev–Trinajstić information content (AvgIpc) is 2.13. The summed E-state index contributed by atoms with van der Waals surface area (Å²) >= 11 is 0. The van der Waals surface area contributed by atoms with Gasteiger partial charge in [-0.15, -0.1) is 0 Å². The van der Waals surface area contributed by atoms with E-state index in [2.05, 4.69) is 47.6 Å². The van der Waals surface area contributed by atoms with Crippen LogP contribution in [0.2, 0.25) is 0 Å². The first-order valence-electron chi connectivity index (χ1n) is 5.91. The lowest BCUT2D eigenvalue weighted by Crippen LogP contribution is -2.23. The van der Waals surface area contributed by atoms with Crippen molar-refractivity contribution in [3.63, 3.8) is 0 Å². The highest BCUT2D eigenvalue weighted by Gasteiger charge is 2.26. The fourth-order valence-corrected chi connectivity index (χ4v) is 2.24. The summed E-state index contributed by atoms with van der Waals surface area (Å²) in [6.07, 6.45) is 0. The summed E-state index contributed by atoms with van der Waals surface area (Å²) in [6, 6.07) is 6.25. The van der Waals surface area contributed by atoms with Gasteiger partial charge in [0.2, 0.25) is 0 Å².